The van der Waals surface area contributed by atoms with Gasteiger partial charge in [-0.25, -0.2) is 4.79 Å². The lowest BCUT2D eigenvalue weighted by Gasteiger charge is -2.37. The fraction of sp³-hybridized carbons (Fsp3) is 0.533. The van der Waals surface area contributed by atoms with E-state index < -0.39 is 10.8 Å². The van der Waals surface area contributed by atoms with Crippen molar-refractivity contribution in [3.8, 4) is 0 Å². The minimum absolute atomic E-state index is 0.0477. The predicted molar refractivity (Wildman–Crippen MR) is 89.2 cm³/mol. The van der Waals surface area contributed by atoms with Gasteiger partial charge in [0, 0.05) is 40.8 Å². The summed E-state index contributed by atoms with van der Waals surface area (Å²) in [6.45, 7) is 6.28. The molecule has 0 unspecified atom stereocenters. The summed E-state index contributed by atoms with van der Waals surface area (Å²) >= 11 is 1.90. The van der Waals surface area contributed by atoms with Crippen molar-refractivity contribution in [1.82, 2.24) is 10.2 Å². The Hall–Kier alpha value is -1.01. The molecule has 0 bridgehead atoms. The Kier molecular flexibility index (Phi) is 5.70. The number of benzene rings is 1. The molecule has 0 spiro atoms. The summed E-state index contributed by atoms with van der Waals surface area (Å²) in [6, 6.07) is 9.30. The van der Waals surface area contributed by atoms with Crippen LogP contribution in [-0.2, 0) is 10.8 Å². The summed E-state index contributed by atoms with van der Waals surface area (Å²) < 4.78 is 12.2. The van der Waals surface area contributed by atoms with E-state index in [0.717, 1.165) is 23.7 Å². The Morgan fingerprint density at radius 1 is 1.38 bits per heavy atom. The maximum Gasteiger partial charge on any atom is 0.317 e. The molecular weight excluding hydrogens is 304 g/mol. The highest BCUT2D eigenvalue weighted by Gasteiger charge is 2.29. The molecule has 1 aromatic rings. The molecule has 0 radical (unpaired) electrons. The van der Waals surface area contributed by atoms with E-state index in [2.05, 4.69) is 19.2 Å². The van der Waals surface area contributed by atoms with Crippen molar-refractivity contribution in [2.24, 2.45) is 0 Å². The highest BCUT2D eigenvalue weighted by molar-refractivity contribution is 8.00. The smallest absolute Gasteiger partial charge is 0.317 e. The van der Waals surface area contributed by atoms with Gasteiger partial charge in [0.1, 0.15) is 0 Å². The molecule has 1 atom stereocenters. The lowest BCUT2D eigenvalue weighted by Crippen LogP contribution is -2.50. The molecule has 116 valence electrons. The van der Waals surface area contributed by atoms with Gasteiger partial charge in [0.15, 0.2) is 0 Å². The minimum atomic E-state index is -1.06. The van der Waals surface area contributed by atoms with E-state index >= 15 is 0 Å². The second kappa shape index (κ2) is 7.31. The van der Waals surface area contributed by atoms with Crippen LogP contribution in [0.25, 0.3) is 0 Å². The summed E-state index contributed by atoms with van der Waals surface area (Å²) in [5, 5.41) is 2.88. The van der Waals surface area contributed by atoms with E-state index in [1.807, 2.05) is 47.0 Å². The molecule has 6 heteroatoms. The first-order valence-electron chi connectivity index (χ1n) is 7.08. The van der Waals surface area contributed by atoms with Gasteiger partial charge in [-0.3, -0.25) is 4.21 Å². The van der Waals surface area contributed by atoms with E-state index in [9.17, 15) is 9.00 Å². The molecule has 1 fully saturated rings. The Labute approximate surface area is 133 Å². The van der Waals surface area contributed by atoms with Gasteiger partial charge >= 0.3 is 6.03 Å². The van der Waals surface area contributed by atoms with Crippen molar-refractivity contribution in [1.29, 1.82) is 0 Å². The maximum atomic E-state index is 12.1. The molecule has 0 saturated carbocycles. The summed E-state index contributed by atoms with van der Waals surface area (Å²) in [5.74, 6) is 1.41. The van der Waals surface area contributed by atoms with Crippen LogP contribution in [0.1, 0.15) is 13.8 Å². The Morgan fingerprint density at radius 2 is 2.10 bits per heavy atom. The third-order valence-electron chi connectivity index (χ3n) is 3.28. The number of carbonyl (C=O) groups is 1. The van der Waals surface area contributed by atoms with Gasteiger partial charge in [0.05, 0.1) is 10.8 Å². The molecule has 1 heterocycles. The molecule has 1 saturated heterocycles. The number of nitrogens with one attached hydrogen (secondary N) is 1. The highest BCUT2D eigenvalue weighted by atomic mass is 32.2. The topological polar surface area (TPSA) is 49.4 Å². The summed E-state index contributed by atoms with van der Waals surface area (Å²) in [6.07, 6.45) is 0. The van der Waals surface area contributed by atoms with E-state index in [1.165, 1.54) is 0 Å². The van der Waals surface area contributed by atoms with Crippen molar-refractivity contribution in [3.05, 3.63) is 30.3 Å². The summed E-state index contributed by atoms with van der Waals surface area (Å²) in [7, 11) is -1.06. The number of hydrogen-bond acceptors (Lipinski definition) is 3. The number of thioether (sulfide) groups is 1. The van der Waals surface area contributed by atoms with Crippen LogP contribution in [0.3, 0.4) is 0 Å². The molecule has 1 N–H and O–H groups in total. The van der Waals surface area contributed by atoms with Crippen molar-refractivity contribution in [2.75, 3.05) is 31.1 Å². The van der Waals surface area contributed by atoms with Crippen LogP contribution < -0.4 is 5.32 Å². The van der Waals surface area contributed by atoms with Crippen molar-refractivity contribution in [2.45, 2.75) is 23.5 Å². The third kappa shape index (κ3) is 5.04. The average molecular weight is 326 g/mol. The normalized spacial score (nSPS) is 19.0. The molecule has 1 aromatic carbocycles. The first kappa shape index (κ1) is 16.4. The van der Waals surface area contributed by atoms with Gasteiger partial charge in [0.2, 0.25) is 0 Å². The van der Waals surface area contributed by atoms with E-state index in [4.69, 9.17) is 0 Å². The third-order valence-corrected chi connectivity index (χ3v) is 5.95. The maximum absolute atomic E-state index is 12.1. The number of hydrogen-bond donors (Lipinski definition) is 1. The number of amides is 2. The van der Waals surface area contributed by atoms with Gasteiger partial charge in [-0.2, -0.15) is 11.8 Å². The molecule has 2 rings (SSSR count). The molecule has 1 aliphatic rings. The first-order chi connectivity index (χ1) is 9.98. The van der Waals surface area contributed by atoms with Gasteiger partial charge in [0.25, 0.3) is 0 Å². The van der Waals surface area contributed by atoms with Gasteiger partial charge in [-0.05, 0) is 26.0 Å². The standard InChI is InChI=1S/C15H22N2O2S2/c1-15(2)12-17(9-10-20-15)14(18)16-8-11-21(19)13-6-4-3-5-7-13/h3-7H,8-12H2,1-2H3,(H,16,18)/t21-/m1/s1. The molecule has 0 aromatic heterocycles. The Bertz CT molecular complexity index is 506. The van der Waals surface area contributed by atoms with Crippen LogP contribution in [0.5, 0.6) is 0 Å². The monoisotopic (exact) mass is 326 g/mol. The fourth-order valence-electron chi connectivity index (χ4n) is 2.24. The number of urea groups is 1. The largest absolute Gasteiger partial charge is 0.337 e. The zero-order valence-electron chi connectivity index (χ0n) is 12.5. The van der Waals surface area contributed by atoms with Crippen LogP contribution >= 0.6 is 11.8 Å². The van der Waals surface area contributed by atoms with Crippen molar-refractivity contribution < 1.29 is 9.00 Å². The average Bonchev–Trinajstić information content (AvgIpc) is 2.47. The van der Waals surface area contributed by atoms with Gasteiger partial charge in [-0.1, -0.05) is 18.2 Å². The lowest BCUT2D eigenvalue weighted by molar-refractivity contribution is 0.195. The first-order valence-corrected chi connectivity index (χ1v) is 9.38. The molecule has 21 heavy (non-hydrogen) atoms. The zero-order valence-corrected chi connectivity index (χ0v) is 14.1. The minimum Gasteiger partial charge on any atom is -0.337 e. The number of carbonyl (C=O) groups excluding carboxylic acids is 1. The molecule has 0 aliphatic carbocycles. The molecular formula is C15H22N2O2S2. The van der Waals surface area contributed by atoms with Crippen molar-refractivity contribution >= 4 is 28.6 Å². The van der Waals surface area contributed by atoms with E-state index in [-0.39, 0.29) is 10.8 Å². The molecule has 4 nitrogen and oxygen atoms in total. The SMILES string of the molecule is CC1(C)CN(C(=O)NCC[S@@](=O)c2ccccc2)CCS1. The van der Waals surface area contributed by atoms with Crippen LogP contribution in [0.4, 0.5) is 4.79 Å². The van der Waals surface area contributed by atoms with Crippen molar-refractivity contribution in [3.63, 3.8) is 0 Å². The van der Waals surface area contributed by atoms with Gasteiger partial charge in [-0.15, -0.1) is 0 Å². The molecule has 2 amide bonds. The Balaban J connectivity index is 1.76. The summed E-state index contributed by atoms with van der Waals surface area (Å²) in [4.78, 5) is 14.8. The van der Waals surface area contributed by atoms with Crippen LogP contribution in [0, 0.1) is 0 Å². The quantitative estimate of drug-likeness (QED) is 0.924. The van der Waals surface area contributed by atoms with Crippen LogP contribution in [-0.4, -0.2) is 51.0 Å². The van der Waals surface area contributed by atoms with E-state index in [0.29, 0.717) is 12.3 Å². The van der Waals surface area contributed by atoms with Gasteiger partial charge < -0.3 is 10.2 Å². The van der Waals surface area contributed by atoms with Crippen LogP contribution in [0.15, 0.2) is 35.2 Å². The fourth-order valence-corrected chi connectivity index (χ4v) is 4.34. The summed E-state index contributed by atoms with van der Waals surface area (Å²) in [5.41, 5.74) is 0. The Morgan fingerprint density at radius 3 is 2.76 bits per heavy atom. The second-order valence-electron chi connectivity index (χ2n) is 5.62. The zero-order chi connectivity index (χ0) is 15.3. The van der Waals surface area contributed by atoms with Crippen LogP contribution in [0.2, 0.25) is 0 Å². The second-order valence-corrected chi connectivity index (χ2v) is 9.00. The lowest BCUT2D eigenvalue weighted by atomic mass is 10.2. The molecule has 1 aliphatic heterocycles. The number of rotatable bonds is 4. The van der Waals surface area contributed by atoms with E-state index in [1.54, 1.807) is 0 Å². The predicted octanol–water partition coefficient (Wildman–Crippen LogP) is 2.33. The number of nitrogens with zero attached hydrogens (tertiary/aromatic N) is 1. The highest BCUT2D eigenvalue weighted by Crippen LogP contribution is 2.29.